The number of benzene rings is 1. The van der Waals surface area contributed by atoms with Crippen molar-refractivity contribution >= 4 is 33.7 Å². The molecule has 1 aromatic carbocycles. The molecule has 0 bridgehead atoms. The summed E-state index contributed by atoms with van der Waals surface area (Å²) in [5, 5.41) is 1.89. The smallest absolute Gasteiger partial charge is 0.242 e. The minimum Gasteiger partial charge on any atom is -0.361 e. The van der Waals surface area contributed by atoms with E-state index >= 15 is 0 Å². The molecule has 0 saturated carbocycles. The predicted molar refractivity (Wildman–Crippen MR) is 84.2 cm³/mol. The number of amides is 1. The molecular formula is C15H17N3OS. The fraction of sp³-hybridized carbons (Fsp3) is 0.333. The number of fused-ring (bicyclic) bond motifs is 1. The van der Waals surface area contributed by atoms with Gasteiger partial charge in [0.05, 0.1) is 5.25 Å². The summed E-state index contributed by atoms with van der Waals surface area (Å²) in [6.45, 7) is 2.11. The average Bonchev–Trinajstić information content (AvgIpc) is 3.01. The monoisotopic (exact) mass is 287 g/mol. The van der Waals surface area contributed by atoms with Crippen LogP contribution in [0.25, 0.3) is 10.9 Å². The molecule has 1 saturated heterocycles. The van der Waals surface area contributed by atoms with Gasteiger partial charge in [-0.3, -0.25) is 14.7 Å². The van der Waals surface area contributed by atoms with Crippen molar-refractivity contribution in [3.8, 4) is 0 Å². The molecule has 104 valence electrons. The third-order valence-corrected chi connectivity index (χ3v) is 5.38. The number of carbonyl (C=O) groups is 1. The van der Waals surface area contributed by atoms with Crippen LogP contribution in [0.4, 0.5) is 0 Å². The Morgan fingerprint density at radius 1 is 1.40 bits per heavy atom. The average molecular weight is 287 g/mol. The summed E-state index contributed by atoms with van der Waals surface area (Å²) < 4.78 is 0. The van der Waals surface area contributed by atoms with Crippen molar-refractivity contribution in [3.63, 3.8) is 0 Å². The molecule has 2 atom stereocenters. The van der Waals surface area contributed by atoms with Crippen molar-refractivity contribution in [1.29, 1.82) is 0 Å². The van der Waals surface area contributed by atoms with E-state index in [-0.39, 0.29) is 17.1 Å². The Labute approximate surface area is 122 Å². The number of thioether (sulfide) groups is 1. The normalized spacial score (nSPS) is 22.9. The minimum atomic E-state index is -0.0992. The summed E-state index contributed by atoms with van der Waals surface area (Å²) in [4.78, 5) is 21.5. The third-order valence-electron chi connectivity index (χ3n) is 3.85. The van der Waals surface area contributed by atoms with Crippen molar-refractivity contribution in [2.24, 2.45) is 4.99 Å². The Balaban J connectivity index is 1.97. The fourth-order valence-electron chi connectivity index (χ4n) is 2.68. The van der Waals surface area contributed by atoms with E-state index in [1.807, 2.05) is 18.3 Å². The lowest BCUT2D eigenvalue weighted by atomic mass is 9.96. The van der Waals surface area contributed by atoms with E-state index in [9.17, 15) is 4.79 Å². The van der Waals surface area contributed by atoms with Gasteiger partial charge < -0.3 is 4.98 Å². The molecule has 5 heteroatoms. The predicted octanol–water partition coefficient (Wildman–Crippen LogP) is 2.83. The Hall–Kier alpha value is -1.75. The van der Waals surface area contributed by atoms with Crippen molar-refractivity contribution in [1.82, 2.24) is 9.88 Å². The van der Waals surface area contributed by atoms with Gasteiger partial charge in [-0.25, -0.2) is 0 Å². The number of aromatic nitrogens is 1. The van der Waals surface area contributed by atoms with E-state index in [1.165, 1.54) is 10.9 Å². The molecule has 0 unspecified atom stereocenters. The van der Waals surface area contributed by atoms with E-state index < -0.39 is 0 Å². The number of rotatable bonds is 2. The van der Waals surface area contributed by atoms with E-state index in [1.54, 1.807) is 30.8 Å². The van der Waals surface area contributed by atoms with Crippen molar-refractivity contribution in [2.45, 2.75) is 18.1 Å². The lowest BCUT2D eigenvalue weighted by Crippen LogP contribution is -2.30. The molecule has 0 radical (unpaired) electrons. The second-order valence-electron chi connectivity index (χ2n) is 5.02. The maximum Gasteiger partial charge on any atom is 0.242 e. The van der Waals surface area contributed by atoms with Crippen LogP contribution in [0.1, 0.15) is 18.4 Å². The highest BCUT2D eigenvalue weighted by atomic mass is 32.2. The number of nitrogens with one attached hydrogen (secondary N) is 1. The summed E-state index contributed by atoms with van der Waals surface area (Å²) in [6, 6.07) is 8.19. The van der Waals surface area contributed by atoms with Crippen LogP contribution in [0.5, 0.6) is 0 Å². The van der Waals surface area contributed by atoms with E-state index in [0.29, 0.717) is 0 Å². The topological polar surface area (TPSA) is 48.5 Å². The molecule has 1 aliphatic rings. The lowest BCUT2D eigenvalue weighted by Gasteiger charge is -2.15. The van der Waals surface area contributed by atoms with Crippen LogP contribution in [0, 0.1) is 0 Å². The molecule has 3 rings (SSSR count). The molecule has 2 heterocycles. The van der Waals surface area contributed by atoms with Gasteiger partial charge in [0.2, 0.25) is 5.91 Å². The molecule has 1 aromatic heterocycles. The van der Waals surface area contributed by atoms with Gasteiger partial charge in [-0.2, -0.15) is 0 Å². The Morgan fingerprint density at radius 3 is 2.85 bits per heavy atom. The summed E-state index contributed by atoms with van der Waals surface area (Å²) in [5.74, 6) is 0.277. The largest absolute Gasteiger partial charge is 0.361 e. The molecular weight excluding hydrogens is 270 g/mol. The Morgan fingerprint density at radius 2 is 2.15 bits per heavy atom. The number of aromatic amines is 1. The van der Waals surface area contributed by atoms with Crippen LogP contribution in [-0.2, 0) is 4.79 Å². The molecule has 1 N–H and O–H groups in total. The molecule has 0 spiro atoms. The zero-order valence-electron chi connectivity index (χ0n) is 11.8. The first-order valence-corrected chi connectivity index (χ1v) is 7.48. The van der Waals surface area contributed by atoms with Crippen molar-refractivity contribution < 1.29 is 4.79 Å². The van der Waals surface area contributed by atoms with E-state index in [0.717, 1.165) is 10.7 Å². The summed E-state index contributed by atoms with van der Waals surface area (Å²) in [6.07, 6.45) is 2.02. The molecule has 1 fully saturated rings. The maximum absolute atomic E-state index is 12.4. The van der Waals surface area contributed by atoms with Gasteiger partial charge in [-0.05, 0) is 11.6 Å². The highest BCUT2D eigenvalue weighted by Crippen LogP contribution is 2.38. The maximum atomic E-state index is 12.4. The number of hydrogen-bond acceptors (Lipinski definition) is 3. The SMILES string of the molecule is CN=C1S[C@@H]([C@H](C)c2c[nH]c3ccccc23)C(=O)N1C. The van der Waals surface area contributed by atoms with Gasteiger partial charge in [0.1, 0.15) is 0 Å². The fourth-order valence-corrected chi connectivity index (χ4v) is 3.87. The first-order valence-electron chi connectivity index (χ1n) is 6.60. The van der Waals surface area contributed by atoms with Crippen LogP contribution in [-0.4, -0.2) is 40.3 Å². The van der Waals surface area contributed by atoms with Crippen LogP contribution < -0.4 is 0 Å². The van der Waals surface area contributed by atoms with Gasteiger partial charge in [0.25, 0.3) is 0 Å². The number of para-hydroxylation sites is 1. The molecule has 4 nitrogen and oxygen atoms in total. The van der Waals surface area contributed by atoms with Crippen molar-refractivity contribution in [3.05, 3.63) is 36.0 Å². The number of aliphatic imine (C=N–C) groups is 1. The number of nitrogens with zero attached hydrogens (tertiary/aromatic N) is 2. The van der Waals surface area contributed by atoms with Gasteiger partial charge in [-0.15, -0.1) is 0 Å². The van der Waals surface area contributed by atoms with Gasteiger partial charge in [0, 0.05) is 37.1 Å². The first kappa shape index (κ1) is 13.2. The van der Waals surface area contributed by atoms with Gasteiger partial charge in [0.15, 0.2) is 5.17 Å². The summed E-state index contributed by atoms with van der Waals surface area (Å²) >= 11 is 1.55. The standard InChI is InChI=1S/C15H17N3OS/c1-9(13-14(19)18(3)15(16-2)20-13)11-8-17-12-7-5-4-6-10(11)12/h4-9,13,17H,1-3H3/t9-,13+/m1/s1. The first-order chi connectivity index (χ1) is 9.63. The molecule has 2 aromatic rings. The number of amidine groups is 1. The summed E-state index contributed by atoms with van der Waals surface area (Å²) in [5.41, 5.74) is 2.31. The Bertz CT molecular complexity index is 691. The van der Waals surface area contributed by atoms with Gasteiger partial charge >= 0.3 is 0 Å². The number of hydrogen-bond donors (Lipinski definition) is 1. The number of H-pyrrole nitrogens is 1. The van der Waals surface area contributed by atoms with Crippen LogP contribution in [0.3, 0.4) is 0 Å². The van der Waals surface area contributed by atoms with Gasteiger partial charge in [-0.1, -0.05) is 36.9 Å². The van der Waals surface area contributed by atoms with E-state index in [4.69, 9.17) is 0 Å². The zero-order valence-corrected chi connectivity index (χ0v) is 12.6. The molecule has 1 amide bonds. The molecule has 0 aliphatic carbocycles. The second kappa shape index (κ2) is 4.98. The molecule has 1 aliphatic heterocycles. The third kappa shape index (κ3) is 1.93. The highest BCUT2D eigenvalue weighted by Gasteiger charge is 2.39. The Kier molecular flexibility index (Phi) is 3.30. The van der Waals surface area contributed by atoms with Crippen LogP contribution in [0.2, 0.25) is 0 Å². The second-order valence-corrected chi connectivity index (χ2v) is 6.13. The minimum absolute atomic E-state index is 0.0992. The lowest BCUT2D eigenvalue weighted by molar-refractivity contribution is -0.125. The van der Waals surface area contributed by atoms with Crippen LogP contribution in [0.15, 0.2) is 35.5 Å². The molecule has 20 heavy (non-hydrogen) atoms. The highest BCUT2D eigenvalue weighted by molar-refractivity contribution is 8.15. The van der Waals surface area contributed by atoms with E-state index in [2.05, 4.69) is 29.0 Å². The summed E-state index contributed by atoms with van der Waals surface area (Å²) in [7, 11) is 3.52. The quantitative estimate of drug-likeness (QED) is 0.923. The number of carbonyl (C=O) groups excluding carboxylic acids is 1. The van der Waals surface area contributed by atoms with Crippen molar-refractivity contribution in [2.75, 3.05) is 14.1 Å². The zero-order chi connectivity index (χ0) is 14.3. The van der Waals surface area contributed by atoms with Crippen LogP contribution >= 0.6 is 11.8 Å².